The second kappa shape index (κ2) is 4.40. The van der Waals surface area contributed by atoms with Crippen molar-refractivity contribution in [1.82, 2.24) is 14.1 Å². The summed E-state index contributed by atoms with van der Waals surface area (Å²) in [5.74, 6) is 0.676. The Labute approximate surface area is 112 Å². The molecule has 3 rings (SSSR count). The minimum atomic E-state index is 0.0510. The molecular formula is C14H20N4O. The second-order valence-electron chi connectivity index (χ2n) is 5.48. The maximum Gasteiger partial charge on any atom is 0.264 e. The Hall–Kier alpha value is -1.78. The van der Waals surface area contributed by atoms with Gasteiger partial charge in [-0.05, 0) is 39.7 Å². The molecule has 0 unspecified atom stereocenters. The molecule has 2 heterocycles. The summed E-state index contributed by atoms with van der Waals surface area (Å²) in [5, 5.41) is 4.00. The van der Waals surface area contributed by atoms with Crippen LogP contribution in [0, 0.1) is 0 Å². The highest BCUT2D eigenvalue weighted by atomic mass is 16.1. The zero-order valence-corrected chi connectivity index (χ0v) is 11.7. The molecule has 0 radical (unpaired) electrons. The second-order valence-corrected chi connectivity index (χ2v) is 5.48. The van der Waals surface area contributed by atoms with Gasteiger partial charge in [0.2, 0.25) is 5.95 Å². The fraction of sp³-hybridized carbons (Fsp3) is 0.571. The predicted molar refractivity (Wildman–Crippen MR) is 76.7 cm³/mol. The van der Waals surface area contributed by atoms with Crippen molar-refractivity contribution >= 4 is 17.0 Å². The summed E-state index contributed by atoms with van der Waals surface area (Å²) in [6.45, 7) is 6.70. The molecular weight excluding hydrogens is 240 g/mol. The summed E-state index contributed by atoms with van der Waals surface area (Å²) < 4.78 is 3.85. The number of aromatic nitrogens is 3. The lowest BCUT2D eigenvalue weighted by Crippen LogP contribution is -2.26. The van der Waals surface area contributed by atoms with E-state index in [1.807, 2.05) is 19.2 Å². The number of nitrogens with zero attached hydrogens (tertiary/aromatic N) is 3. The van der Waals surface area contributed by atoms with Crippen molar-refractivity contribution in [2.45, 2.75) is 52.2 Å². The first-order chi connectivity index (χ1) is 9.11. The van der Waals surface area contributed by atoms with Gasteiger partial charge in [0.15, 0.2) is 0 Å². The Morgan fingerprint density at radius 1 is 1.47 bits per heavy atom. The van der Waals surface area contributed by atoms with E-state index >= 15 is 0 Å². The molecule has 1 fully saturated rings. The van der Waals surface area contributed by atoms with Crippen molar-refractivity contribution in [3.63, 3.8) is 0 Å². The molecule has 2 aromatic rings. The van der Waals surface area contributed by atoms with Crippen molar-refractivity contribution in [3.8, 4) is 0 Å². The van der Waals surface area contributed by atoms with Crippen LogP contribution in [0.3, 0.4) is 0 Å². The van der Waals surface area contributed by atoms with E-state index in [9.17, 15) is 4.79 Å². The van der Waals surface area contributed by atoms with Crippen LogP contribution in [-0.2, 0) is 6.54 Å². The largest absolute Gasteiger partial charge is 0.353 e. The van der Waals surface area contributed by atoms with Crippen LogP contribution < -0.4 is 10.9 Å². The molecule has 1 aliphatic rings. The smallest absolute Gasteiger partial charge is 0.264 e. The zero-order chi connectivity index (χ0) is 13.6. The van der Waals surface area contributed by atoms with Crippen LogP contribution in [0.15, 0.2) is 17.1 Å². The Kier molecular flexibility index (Phi) is 2.84. The molecule has 1 aliphatic carbocycles. The van der Waals surface area contributed by atoms with Gasteiger partial charge in [0, 0.05) is 24.8 Å². The lowest BCUT2D eigenvalue weighted by Gasteiger charge is -2.15. The molecule has 1 N–H and O–H groups in total. The monoisotopic (exact) mass is 260 g/mol. The molecule has 0 spiro atoms. The standard InChI is InChI=1S/C14H20N4O/c1-4-17-13(19)11-7-8-18(10-5-6-10)12(11)16-14(17)15-9(2)3/h7-10H,4-6H2,1-3H3,(H,15,16). The third-order valence-electron chi connectivity index (χ3n) is 3.50. The maximum absolute atomic E-state index is 12.5. The molecule has 1 saturated carbocycles. The van der Waals surface area contributed by atoms with E-state index in [1.54, 1.807) is 4.57 Å². The van der Waals surface area contributed by atoms with Crippen LogP contribution in [0.25, 0.3) is 11.0 Å². The summed E-state index contributed by atoms with van der Waals surface area (Å²) >= 11 is 0. The van der Waals surface area contributed by atoms with Crippen LogP contribution in [0.2, 0.25) is 0 Å². The van der Waals surface area contributed by atoms with Gasteiger partial charge in [0.25, 0.3) is 5.56 Å². The van der Waals surface area contributed by atoms with Crippen molar-refractivity contribution in [1.29, 1.82) is 0 Å². The molecule has 0 atom stereocenters. The summed E-state index contributed by atoms with van der Waals surface area (Å²) in [7, 11) is 0. The van der Waals surface area contributed by atoms with Crippen molar-refractivity contribution in [3.05, 3.63) is 22.6 Å². The van der Waals surface area contributed by atoms with Gasteiger partial charge < -0.3 is 9.88 Å². The van der Waals surface area contributed by atoms with Crippen LogP contribution in [0.4, 0.5) is 5.95 Å². The van der Waals surface area contributed by atoms with Gasteiger partial charge in [0.05, 0.1) is 5.39 Å². The van der Waals surface area contributed by atoms with Crippen molar-refractivity contribution in [2.75, 3.05) is 5.32 Å². The van der Waals surface area contributed by atoms with Gasteiger partial charge in [-0.15, -0.1) is 0 Å². The Morgan fingerprint density at radius 3 is 2.79 bits per heavy atom. The first kappa shape index (κ1) is 12.3. The van der Waals surface area contributed by atoms with E-state index in [-0.39, 0.29) is 11.6 Å². The Balaban J connectivity index is 2.22. The van der Waals surface area contributed by atoms with Gasteiger partial charge >= 0.3 is 0 Å². The molecule has 19 heavy (non-hydrogen) atoms. The van der Waals surface area contributed by atoms with Crippen LogP contribution in [0.1, 0.15) is 39.7 Å². The summed E-state index contributed by atoms with van der Waals surface area (Å²) in [5.41, 5.74) is 0.871. The molecule has 0 bridgehead atoms. The van der Waals surface area contributed by atoms with E-state index in [2.05, 4.69) is 28.7 Å². The van der Waals surface area contributed by atoms with Gasteiger partial charge in [0.1, 0.15) is 5.65 Å². The lowest BCUT2D eigenvalue weighted by molar-refractivity contribution is 0.701. The number of rotatable bonds is 4. The van der Waals surface area contributed by atoms with Gasteiger partial charge in [-0.1, -0.05) is 0 Å². The van der Waals surface area contributed by atoms with Crippen molar-refractivity contribution in [2.24, 2.45) is 0 Å². The Morgan fingerprint density at radius 2 is 2.21 bits per heavy atom. The lowest BCUT2D eigenvalue weighted by atomic mass is 10.4. The predicted octanol–water partition coefficient (Wildman–Crippen LogP) is 2.37. The molecule has 0 aliphatic heterocycles. The number of nitrogens with one attached hydrogen (secondary N) is 1. The average Bonchev–Trinajstić information content (AvgIpc) is 3.10. The third kappa shape index (κ3) is 2.03. The van der Waals surface area contributed by atoms with E-state index in [0.717, 1.165) is 11.0 Å². The number of anilines is 1. The fourth-order valence-electron chi connectivity index (χ4n) is 2.44. The molecule has 0 saturated heterocycles. The van der Waals surface area contributed by atoms with E-state index < -0.39 is 0 Å². The van der Waals surface area contributed by atoms with E-state index in [1.165, 1.54) is 12.8 Å². The molecule has 102 valence electrons. The zero-order valence-electron chi connectivity index (χ0n) is 11.7. The quantitative estimate of drug-likeness (QED) is 0.918. The van der Waals surface area contributed by atoms with E-state index in [0.29, 0.717) is 18.5 Å². The number of hydrogen-bond acceptors (Lipinski definition) is 3. The molecule has 2 aromatic heterocycles. The van der Waals surface area contributed by atoms with Crippen LogP contribution in [0.5, 0.6) is 0 Å². The number of hydrogen-bond donors (Lipinski definition) is 1. The average molecular weight is 260 g/mol. The third-order valence-corrected chi connectivity index (χ3v) is 3.50. The summed E-state index contributed by atoms with van der Waals surface area (Å²) in [4.78, 5) is 17.2. The first-order valence-corrected chi connectivity index (χ1v) is 6.99. The first-order valence-electron chi connectivity index (χ1n) is 6.99. The normalized spacial score (nSPS) is 15.4. The molecule has 0 aromatic carbocycles. The minimum absolute atomic E-state index is 0.0510. The van der Waals surface area contributed by atoms with Crippen LogP contribution >= 0.6 is 0 Å². The Bertz CT molecular complexity index is 664. The molecule has 0 amide bonds. The van der Waals surface area contributed by atoms with Gasteiger partial charge in [-0.3, -0.25) is 9.36 Å². The van der Waals surface area contributed by atoms with Crippen molar-refractivity contribution < 1.29 is 0 Å². The topological polar surface area (TPSA) is 51.9 Å². The minimum Gasteiger partial charge on any atom is -0.353 e. The van der Waals surface area contributed by atoms with E-state index in [4.69, 9.17) is 0 Å². The molecule has 5 nitrogen and oxygen atoms in total. The summed E-state index contributed by atoms with van der Waals surface area (Å²) in [6.07, 6.45) is 4.38. The fourth-order valence-corrected chi connectivity index (χ4v) is 2.44. The molecule has 5 heteroatoms. The van der Waals surface area contributed by atoms with Gasteiger partial charge in [-0.25, -0.2) is 0 Å². The summed E-state index contributed by atoms with van der Waals surface area (Å²) in [6, 6.07) is 2.69. The SMILES string of the molecule is CCn1c(NC(C)C)nc2c(ccn2C2CC2)c1=O. The highest BCUT2D eigenvalue weighted by Gasteiger charge is 2.26. The van der Waals surface area contributed by atoms with Crippen LogP contribution in [-0.4, -0.2) is 20.2 Å². The van der Waals surface area contributed by atoms with Gasteiger partial charge in [-0.2, -0.15) is 4.98 Å². The highest BCUT2D eigenvalue weighted by Crippen LogP contribution is 2.36. The number of fused-ring (bicyclic) bond motifs is 1. The highest BCUT2D eigenvalue weighted by molar-refractivity contribution is 5.76. The maximum atomic E-state index is 12.5.